The zero-order valence-electron chi connectivity index (χ0n) is 10.5. The van der Waals surface area contributed by atoms with Crippen molar-refractivity contribution in [3.05, 3.63) is 0 Å². The first-order chi connectivity index (χ1) is 8.89. The van der Waals surface area contributed by atoms with Crippen molar-refractivity contribution in [2.24, 2.45) is 11.8 Å². The Morgan fingerprint density at radius 1 is 1.05 bits per heavy atom. The van der Waals surface area contributed by atoms with Crippen molar-refractivity contribution in [3.8, 4) is 0 Å². The van der Waals surface area contributed by atoms with Gasteiger partial charge in [-0.05, 0) is 25.7 Å². The molecule has 3 rings (SSSR count). The Morgan fingerprint density at radius 3 is 2.16 bits per heavy atom. The highest BCUT2D eigenvalue weighted by molar-refractivity contribution is 7.91. The molecule has 1 aliphatic heterocycles. The molecule has 6 nitrogen and oxygen atoms in total. The van der Waals surface area contributed by atoms with Gasteiger partial charge in [0.25, 0.3) is 0 Å². The lowest BCUT2D eigenvalue weighted by Gasteiger charge is -2.28. The molecule has 0 aromatic carbocycles. The number of carboxylic acids is 1. The fraction of sp³-hybridized carbons (Fsp3) is 0.833. The molecule has 1 N–H and O–H groups in total. The summed E-state index contributed by atoms with van der Waals surface area (Å²) in [5.74, 6) is -1.88. The number of nitrogens with zero attached hydrogens (tertiary/aromatic N) is 1. The van der Waals surface area contributed by atoms with Crippen molar-refractivity contribution in [1.82, 2.24) is 4.90 Å². The highest BCUT2D eigenvalue weighted by Crippen LogP contribution is 2.43. The summed E-state index contributed by atoms with van der Waals surface area (Å²) in [7, 11) is -3.03. The molecule has 0 unspecified atom stereocenters. The second kappa shape index (κ2) is 4.19. The largest absolute Gasteiger partial charge is 0.481 e. The molecule has 3 aliphatic rings. The van der Waals surface area contributed by atoms with Gasteiger partial charge in [0.15, 0.2) is 9.84 Å². The Bertz CT molecular complexity index is 524. The number of carbonyl (C=O) groups is 2. The van der Waals surface area contributed by atoms with Crippen LogP contribution in [0, 0.1) is 11.8 Å². The average Bonchev–Trinajstić information content (AvgIpc) is 3.19. The third-order valence-electron chi connectivity index (χ3n) is 4.22. The van der Waals surface area contributed by atoms with Crippen molar-refractivity contribution in [1.29, 1.82) is 0 Å². The molecule has 2 aliphatic carbocycles. The molecule has 19 heavy (non-hydrogen) atoms. The maximum Gasteiger partial charge on any atom is 0.307 e. The van der Waals surface area contributed by atoms with Gasteiger partial charge in [0.1, 0.15) is 0 Å². The van der Waals surface area contributed by atoms with Crippen molar-refractivity contribution in [3.63, 3.8) is 0 Å². The fourth-order valence-electron chi connectivity index (χ4n) is 2.94. The molecule has 0 radical (unpaired) electrons. The first-order valence-electron chi connectivity index (χ1n) is 6.64. The molecule has 1 amide bonds. The molecule has 2 saturated carbocycles. The van der Waals surface area contributed by atoms with Gasteiger partial charge in [-0.25, -0.2) is 8.42 Å². The number of hydrogen-bond donors (Lipinski definition) is 1. The van der Waals surface area contributed by atoms with Crippen molar-refractivity contribution in [2.75, 3.05) is 11.5 Å². The van der Waals surface area contributed by atoms with Gasteiger partial charge < -0.3 is 10.0 Å². The van der Waals surface area contributed by atoms with E-state index >= 15 is 0 Å². The molecule has 1 saturated heterocycles. The van der Waals surface area contributed by atoms with E-state index in [1.807, 2.05) is 0 Å². The Labute approximate surface area is 111 Å². The van der Waals surface area contributed by atoms with Crippen molar-refractivity contribution < 1.29 is 23.1 Å². The molecule has 0 spiro atoms. The second-order valence-corrected chi connectivity index (χ2v) is 8.05. The molecular formula is C12H17NO5S. The van der Waals surface area contributed by atoms with Gasteiger partial charge in [0, 0.05) is 12.1 Å². The minimum atomic E-state index is -3.03. The summed E-state index contributed by atoms with van der Waals surface area (Å²) in [6, 6.07) is -0.0964. The van der Waals surface area contributed by atoms with Crippen LogP contribution in [0.4, 0.5) is 0 Å². The number of aliphatic carboxylic acids is 1. The summed E-state index contributed by atoms with van der Waals surface area (Å²) in [5, 5.41) is 8.89. The SMILES string of the molecule is O=C(O)[C@@H]1C[C@@H]1C(=O)N(C1CC1)[C@@H]1CCS(=O)(=O)C1. The van der Waals surface area contributed by atoms with E-state index in [1.165, 1.54) is 0 Å². The van der Waals surface area contributed by atoms with Gasteiger partial charge in [0.05, 0.1) is 23.3 Å². The van der Waals surface area contributed by atoms with Gasteiger partial charge in [-0.2, -0.15) is 0 Å². The Balaban J connectivity index is 1.72. The molecule has 1 heterocycles. The van der Waals surface area contributed by atoms with Gasteiger partial charge >= 0.3 is 5.97 Å². The lowest BCUT2D eigenvalue weighted by Crippen LogP contribution is -2.44. The maximum atomic E-state index is 12.4. The highest BCUT2D eigenvalue weighted by Gasteiger charge is 2.53. The van der Waals surface area contributed by atoms with Gasteiger partial charge in [-0.15, -0.1) is 0 Å². The Hall–Kier alpha value is -1.11. The maximum absolute atomic E-state index is 12.4. The molecule has 0 aromatic rings. The van der Waals surface area contributed by atoms with Crippen molar-refractivity contribution >= 4 is 21.7 Å². The number of carbonyl (C=O) groups excluding carboxylic acids is 1. The monoisotopic (exact) mass is 287 g/mol. The normalized spacial score (nSPS) is 35.9. The van der Waals surface area contributed by atoms with Crippen LogP contribution in [0.25, 0.3) is 0 Å². The van der Waals surface area contributed by atoms with Gasteiger partial charge in [-0.3, -0.25) is 9.59 Å². The fourth-order valence-corrected chi connectivity index (χ4v) is 4.65. The lowest BCUT2D eigenvalue weighted by atomic mass is 10.1. The lowest BCUT2D eigenvalue weighted by molar-refractivity contribution is -0.142. The predicted molar refractivity (Wildman–Crippen MR) is 66.2 cm³/mol. The molecule has 0 bridgehead atoms. The topological polar surface area (TPSA) is 91.8 Å². The summed E-state index contributed by atoms with van der Waals surface area (Å²) >= 11 is 0. The van der Waals surface area contributed by atoms with E-state index in [4.69, 9.17) is 5.11 Å². The van der Waals surface area contributed by atoms with E-state index in [1.54, 1.807) is 4.90 Å². The van der Waals surface area contributed by atoms with E-state index in [0.717, 1.165) is 12.8 Å². The number of hydrogen-bond acceptors (Lipinski definition) is 4. The summed E-state index contributed by atoms with van der Waals surface area (Å²) in [6.07, 6.45) is 2.71. The zero-order chi connectivity index (χ0) is 13.8. The summed E-state index contributed by atoms with van der Waals surface area (Å²) in [5.41, 5.74) is 0. The zero-order valence-corrected chi connectivity index (χ0v) is 11.3. The Morgan fingerprint density at radius 2 is 1.74 bits per heavy atom. The van der Waals surface area contributed by atoms with Crippen LogP contribution in [-0.4, -0.2) is 53.9 Å². The van der Waals surface area contributed by atoms with Crippen LogP contribution in [0.15, 0.2) is 0 Å². The summed E-state index contributed by atoms with van der Waals surface area (Å²) in [6.45, 7) is 0. The van der Waals surface area contributed by atoms with E-state index in [9.17, 15) is 18.0 Å². The van der Waals surface area contributed by atoms with Crippen LogP contribution < -0.4 is 0 Å². The third-order valence-corrected chi connectivity index (χ3v) is 5.97. The van der Waals surface area contributed by atoms with Gasteiger partial charge in [-0.1, -0.05) is 0 Å². The Kier molecular flexibility index (Phi) is 2.85. The van der Waals surface area contributed by atoms with Crippen LogP contribution in [-0.2, 0) is 19.4 Å². The van der Waals surface area contributed by atoms with E-state index < -0.39 is 27.6 Å². The molecule has 7 heteroatoms. The summed E-state index contributed by atoms with van der Waals surface area (Å²) in [4.78, 5) is 24.9. The molecule has 3 atom stereocenters. The number of amides is 1. The van der Waals surface area contributed by atoms with E-state index in [2.05, 4.69) is 0 Å². The number of sulfone groups is 1. The van der Waals surface area contributed by atoms with Crippen LogP contribution in [0.3, 0.4) is 0 Å². The molecule has 0 aromatic heterocycles. The minimum absolute atomic E-state index is 0.0414. The summed E-state index contributed by atoms with van der Waals surface area (Å²) < 4.78 is 23.1. The second-order valence-electron chi connectivity index (χ2n) is 5.82. The molecule has 3 fully saturated rings. The molecule has 106 valence electrons. The third kappa shape index (κ3) is 2.48. The highest BCUT2D eigenvalue weighted by atomic mass is 32.2. The number of rotatable bonds is 4. The number of carboxylic acid groups (broad SMARTS) is 1. The first-order valence-corrected chi connectivity index (χ1v) is 8.46. The quantitative estimate of drug-likeness (QED) is 0.778. The van der Waals surface area contributed by atoms with Crippen LogP contribution in [0.1, 0.15) is 25.7 Å². The molecular weight excluding hydrogens is 270 g/mol. The van der Waals surface area contributed by atoms with Crippen LogP contribution >= 0.6 is 0 Å². The minimum Gasteiger partial charge on any atom is -0.481 e. The van der Waals surface area contributed by atoms with E-state index in [0.29, 0.717) is 12.8 Å². The predicted octanol–water partition coefficient (Wildman–Crippen LogP) is -0.115. The first kappa shape index (κ1) is 12.9. The van der Waals surface area contributed by atoms with Gasteiger partial charge in [0.2, 0.25) is 5.91 Å². The average molecular weight is 287 g/mol. The van der Waals surface area contributed by atoms with Crippen LogP contribution in [0.2, 0.25) is 0 Å². The van der Waals surface area contributed by atoms with Crippen molar-refractivity contribution in [2.45, 2.75) is 37.8 Å². The van der Waals surface area contributed by atoms with Crippen LogP contribution in [0.5, 0.6) is 0 Å². The van der Waals surface area contributed by atoms with E-state index in [-0.39, 0.29) is 29.5 Å². The smallest absolute Gasteiger partial charge is 0.307 e. The standard InChI is InChI=1S/C12H17NO5S/c14-11(9-5-10(9)12(15)16)13(7-1-2-7)8-3-4-19(17,18)6-8/h7-10H,1-6H2,(H,15,16)/t8-,9+,10-/m1/s1.